The Bertz CT molecular complexity index is 561. The largest absolute Gasteiger partial charge is 0.0839 e. The molecule has 0 radical (unpaired) electrons. The predicted molar refractivity (Wildman–Crippen MR) is 86.6 cm³/mol. The molecule has 2 aromatic rings. The van der Waals surface area contributed by atoms with Crippen molar-refractivity contribution in [3.63, 3.8) is 0 Å². The topological polar surface area (TPSA) is 0 Å². The quantitative estimate of drug-likeness (QED) is 0.558. The van der Waals surface area contributed by atoms with Crippen molar-refractivity contribution >= 4 is 16.8 Å². The van der Waals surface area contributed by atoms with Crippen LogP contribution in [0.15, 0.2) is 42.5 Å². The van der Waals surface area contributed by atoms with Gasteiger partial charge in [-0.05, 0) is 40.3 Å². The molecule has 19 heavy (non-hydrogen) atoms. The Morgan fingerprint density at radius 2 is 1.89 bits per heavy atom. The molecule has 0 atom stereocenters. The van der Waals surface area contributed by atoms with E-state index >= 15 is 0 Å². The molecule has 0 saturated heterocycles. The van der Waals surface area contributed by atoms with E-state index in [4.69, 9.17) is 0 Å². The molecule has 0 aliphatic rings. The van der Waals surface area contributed by atoms with Gasteiger partial charge >= 0.3 is 0 Å². The number of rotatable bonds is 5. The average molecular weight is 252 g/mol. The predicted octanol–water partition coefficient (Wildman–Crippen LogP) is 6.17. The van der Waals surface area contributed by atoms with Crippen molar-refractivity contribution in [2.75, 3.05) is 0 Å². The zero-order valence-electron chi connectivity index (χ0n) is 12.3. The third kappa shape index (κ3) is 3.47. The second-order valence-corrected chi connectivity index (χ2v) is 5.53. The van der Waals surface area contributed by atoms with Crippen LogP contribution in [0.25, 0.3) is 16.8 Å². The van der Waals surface area contributed by atoms with Crippen LogP contribution in [0.3, 0.4) is 0 Å². The summed E-state index contributed by atoms with van der Waals surface area (Å²) in [5.74, 6) is 0.564. The Hall–Kier alpha value is -1.56. The molecule has 0 saturated carbocycles. The SMILES string of the molecule is CCCC/C=C\c1cc(C(C)C)c2ccccc2c1. The molecule has 0 aliphatic heterocycles. The van der Waals surface area contributed by atoms with Crippen molar-refractivity contribution in [1.29, 1.82) is 0 Å². The molecule has 0 fully saturated rings. The molecule has 0 bridgehead atoms. The standard InChI is InChI=1S/C19H24/c1-4-5-6-7-10-16-13-17-11-8-9-12-18(17)19(14-16)15(2)3/h7-15H,4-6H2,1-3H3/b10-7-. The number of benzene rings is 2. The van der Waals surface area contributed by atoms with Crippen LogP contribution in [0.2, 0.25) is 0 Å². The summed E-state index contributed by atoms with van der Waals surface area (Å²) >= 11 is 0. The van der Waals surface area contributed by atoms with Crippen molar-refractivity contribution in [3.8, 4) is 0 Å². The molecule has 2 aromatic carbocycles. The first kappa shape index (κ1) is 13.9. The molecule has 2 rings (SSSR count). The van der Waals surface area contributed by atoms with Crippen LogP contribution >= 0.6 is 0 Å². The molecule has 0 nitrogen and oxygen atoms in total. The van der Waals surface area contributed by atoms with Gasteiger partial charge in [-0.1, -0.05) is 76.1 Å². The Morgan fingerprint density at radius 1 is 1.11 bits per heavy atom. The third-order valence-corrected chi connectivity index (χ3v) is 3.57. The first-order valence-corrected chi connectivity index (χ1v) is 7.41. The number of fused-ring (bicyclic) bond motifs is 1. The maximum absolute atomic E-state index is 2.34. The Labute approximate surface area is 117 Å². The minimum Gasteiger partial charge on any atom is -0.0839 e. The normalized spacial score (nSPS) is 11.8. The molecule has 100 valence electrons. The van der Waals surface area contributed by atoms with Crippen molar-refractivity contribution in [1.82, 2.24) is 0 Å². The van der Waals surface area contributed by atoms with Crippen LogP contribution < -0.4 is 0 Å². The Balaban J connectivity index is 2.38. The van der Waals surface area contributed by atoms with Crippen molar-refractivity contribution < 1.29 is 0 Å². The summed E-state index contributed by atoms with van der Waals surface area (Å²) in [5.41, 5.74) is 2.78. The van der Waals surface area contributed by atoms with Crippen LogP contribution in [0.5, 0.6) is 0 Å². The minimum atomic E-state index is 0.564. The second kappa shape index (κ2) is 6.56. The van der Waals surface area contributed by atoms with Gasteiger partial charge in [-0.2, -0.15) is 0 Å². The van der Waals surface area contributed by atoms with Crippen LogP contribution in [-0.4, -0.2) is 0 Å². The van der Waals surface area contributed by atoms with Crippen LogP contribution in [-0.2, 0) is 0 Å². The van der Waals surface area contributed by atoms with Gasteiger partial charge in [0.2, 0.25) is 0 Å². The molecular weight excluding hydrogens is 228 g/mol. The van der Waals surface area contributed by atoms with Gasteiger partial charge in [0.05, 0.1) is 0 Å². The lowest BCUT2D eigenvalue weighted by Gasteiger charge is -2.11. The fraction of sp³-hybridized carbons (Fsp3) is 0.368. The summed E-state index contributed by atoms with van der Waals surface area (Å²) in [7, 11) is 0. The fourth-order valence-corrected chi connectivity index (χ4v) is 2.48. The zero-order chi connectivity index (χ0) is 13.7. The van der Waals surface area contributed by atoms with Gasteiger partial charge in [0.25, 0.3) is 0 Å². The maximum Gasteiger partial charge on any atom is -0.0149 e. The van der Waals surface area contributed by atoms with Crippen molar-refractivity contribution in [2.24, 2.45) is 0 Å². The van der Waals surface area contributed by atoms with E-state index in [2.05, 4.69) is 69.3 Å². The Kier molecular flexibility index (Phi) is 4.79. The van der Waals surface area contributed by atoms with Gasteiger partial charge in [-0.3, -0.25) is 0 Å². The van der Waals surface area contributed by atoms with E-state index in [9.17, 15) is 0 Å². The summed E-state index contributed by atoms with van der Waals surface area (Å²) in [6, 6.07) is 13.3. The average Bonchev–Trinajstić information content (AvgIpc) is 2.42. The number of hydrogen-bond donors (Lipinski definition) is 0. The summed E-state index contributed by atoms with van der Waals surface area (Å²) in [4.78, 5) is 0. The summed E-state index contributed by atoms with van der Waals surface area (Å²) in [6.07, 6.45) is 8.30. The smallest absolute Gasteiger partial charge is 0.0149 e. The van der Waals surface area contributed by atoms with Gasteiger partial charge < -0.3 is 0 Å². The fourth-order valence-electron chi connectivity index (χ4n) is 2.48. The molecule has 0 heterocycles. The van der Waals surface area contributed by atoms with Crippen LogP contribution in [0, 0.1) is 0 Å². The molecule has 0 N–H and O–H groups in total. The number of allylic oxidation sites excluding steroid dienone is 1. The van der Waals surface area contributed by atoms with E-state index in [1.165, 1.54) is 41.2 Å². The van der Waals surface area contributed by atoms with E-state index in [1.807, 2.05) is 0 Å². The van der Waals surface area contributed by atoms with Crippen molar-refractivity contribution in [2.45, 2.75) is 46.0 Å². The highest BCUT2D eigenvalue weighted by atomic mass is 14.1. The molecular formula is C19H24. The molecule has 0 aromatic heterocycles. The lowest BCUT2D eigenvalue weighted by molar-refractivity contribution is 0.816. The first-order chi connectivity index (χ1) is 9.22. The zero-order valence-corrected chi connectivity index (χ0v) is 12.3. The molecule has 0 amide bonds. The van der Waals surface area contributed by atoms with Crippen LogP contribution in [0.1, 0.15) is 57.1 Å². The van der Waals surface area contributed by atoms with Crippen LogP contribution in [0.4, 0.5) is 0 Å². The van der Waals surface area contributed by atoms with Gasteiger partial charge in [0.15, 0.2) is 0 Å². The summed E-state index contributed by atoms with van der Waals surface area (Å²) < 4.78 is 0. The van der Waals surface area contributed by atoms with E-state index < -0.39 is 0 Å². The van der Waals surface area contributed by atoms with E-state index in [-0.39, 0.29) is 0 Å². The van der Waals surface area contributed by atoms with E-state index in [0.29, 0.717) is 5.92 Å². The van der Waals surface area contributed by atoms with Gasteiger partial charge in [-0.25, -0.2) is 0 Å². The Morgan fingerprint density at radius 3 is 2.63 bits per heavy atom. The van der Waals surface area contributed by atoms with Gasteiger partial charge in [0, 0.05) is 0 Å². The lowest BCUT2D eigenvalue weighted by Crippen LogP contribution is -1.91. The summed E-state index contributed by atoms with van der Waals surface area (Å²) in [5, 5.41) is 2.74. The maximum atomic E-state index is 2.34. The van der Waals surface area contributed by atoms with Crippen molar-refractivity contribution in [3.05, 3.63) is 53.6 Å². The molecule has 0 heteroatoms. The monoisotopic (exact) mass is 252 g/mol. The van der Waals surface area contributed by atoms with E-state index in [0.717, 1.165) is 0 Å². The number of hydrogen-bond acceptors (Lipinski definition) is 0. The lowest BCUT2D eigenvalue weighted by atomic mass is 9.93. The highest BCUT2D eigenvalue weighted by molar-refractivity contribution is 5.88. The molecule has 0 unspecified atom stereocenters. The first-order valence-electron chi connectivity index (χ1n) is 7.41. The molecule has 0 aliphatic carbocycles. The number of unbranched alkanes of at least 4 members (excludes halogenated alkanes) is 2. The highest BCUT2D eigenvalue weighted by Crippen LogP contribution is 2.27. The molecule has 0 spiro atoms. The second-order valence-electron chi connectivity index (χ2n) is 5.53. The highest BCUT2D eigenvalue weighted by Gasteiger charge is 2.06. The third-order valence-electron chi connectivity index (χ3n) is 3.57. The summed E-state index contributed by atoms with van der Waals surface area (Å²) in [6.45, 7) is 6.78. The van der Waals surface area contributed by atoms with Gasteiger partial charge in [0.1, 0.15) is 0 Å². The minimum absolute atomic E-state index is 0.564. The van der Waals surface area contributed by atoms with Gasteiger partial charge in [-0.15, -0.1) is 0 Å². The van der Waals surface area contributed by atoms with E-state index in [1.54, 1.807) is 0 Å².